The molecule has 124 valence electrons. The van der Waals surface area contributed by atoms with Gasteiger partial charge in [-0.2, -0.15) is 0 Å². The molecule has 0 fully saturated rings. The summed E-state index contributed by atoms with van der Waals surface area (Å²) in [6.45, 7) is 3.36. The first-order chi connectivity index (χ1) is 11.8. The fourth-order valence-electron chi connectivity index (χ4n) is 2.69. The third-order valence-corrected chi connectivity index (χ3v) is 3.82. The van der Waals surface area contributed by atoms with Crippen molar-refractivity contribution in [1.29, 1.82) is 0 Å². The summed E-state index contributed by atoms with van der Waals surface area (Å²) in [6, 6.07) is 16.5. The number of tetrazole rings is 1. The molecule has 0 radical (unpaired) electrons. The minimum Gasteiger partial charge on any atom is -0.299 e. The van der Waals surface area contributed by atoms with Crippen LogP contribution in [-0.4, -0.2) is 20.2 Å². The van der Waals surface area contributed by atoms with Crippen molar-refractivity contribution in [3.8, 4) is 0 Å². The Morgan fingerprint density at radius 1 is 1.08 bits per heavy atom. The molecule has 1 atom stereocenters. The van der Waals surface area contributed by atoms with Gasteiger partial charge in [0.05, 0.1) is 12.6 Å². The highest BCUT2D eigenvalue weighted by atomic mass is 19.1. The van der Waals surface area contributed by atoms with Gasteiger partial charge in [0.25, 0.3) is 0 Å². The van der Waals surface area contributed by atoms with Gasteiger partial charge in [-0.05, 0) is 40.1 Å². The first kappa shape index (κ1) is 16.3. The normalized spacial score (nSPS) is 12.2. The van der Waals surface area contributed by atoms with E-state index in [2.05, 4.69) is 27.8 Å². The monoisotopic (exact) mass is 325 g/mol. The van der Waals surface area contributed by atoms with Gasteiger partial charge in [-0.15, -0.1) is 5.10 Å². The minimum absolute atomic E-state index is 0.131. The lowest BCUT2D eigenvalue weighted by Gasteiger charge is -2.19. The Morgan fingerprint density at radius 3 is 2.62 bits per heavy atom. The molecule has 0 saturated heterocycles. The zero-order valence-corrected chi connectivity index (χ0v) is 13.6. The highest BCUT2D eigenvalue weighted by molar-refractivity contribution is 5.32. The molecule has 1 aromatic heterocycles. The molecule has 5 nitrogen and oxygen atoms in total. The van der Waals surface area contributed by atoms with E-state index >= 15 is 0 Å². The molecule has 1 heterocycles. The van der Waals surface area contributed by atoms with E-state index in [1.165, 1.54) is 6.07 Å². The molecule has 0 bridgehead atoms. The van der Waals surface area contributed by atoms with Gasteiger partial charge in [0.15, 0.2) is 5.82 Å². The highest BCUT2D eigenvalue weighted by Crippen LogP contribution is 2.23. The molecule has 0 unspecified atom stereocenters. The molecule has 0 aliphatic carbocycles. The summed E-state index contributed by atoms with van der Waals surface area (Å²) in [5, 5.41) is 15.3. The number of hydrogen-bond acceptors (Lipinski definition) is 4. The van der Waals surface area contributed by atoms with Crippen molar-refractivity contribution in [2.75, 3.05) is 0 Å². The fourth-order valence-corrected chi connectivity index (χ4v) is 2.69. The van der Waals surface area contributed by atoms with E-state index in [1.54, 1.807) is 16.8 Å². The summed E-state index contributed by atoms with van der Waals surface area (Å²) in [5.41, 5.74) is 1.94. The molecule has 0 spiro atoms. The van der Waals surface area contributed by atoms with Crippen molar-refractivity contribution in [2.45, 2.75) is 32.5 Å². The van der Waals surface area contributed by atoms with Gasteiger partial charge in [0.2, 0.25) is 0 Å². The van der Waals surface area contributed by atoms with Gasteiger partial charge in [-0.25, -0.2) is 9.07 Å². The molecule has 0 aliphatic rings. The predicted molar refractivity (Wildman–Crippen MR) is 89.6 cm³/mol. The second kappa shape index (κ2) is 7.79. The topological polar surface area (TPSA) is 55.6 Å². The molecule has 1 N–H and O–H groups in total. The Morgan fingerprint density at radius 2 is 1.88 bits per heavy atom. The number of aromatic nitrogens is 4. The maximum Gasteiger partial charge on any atom is 0.165 e. The third kappa shape index (κ3) is 3.83. The maximum absolute atomic E-state index is 13.7. The van der Waals surface area contributed by atoms with Crippen molar-refractivity contribution in [1.82, 2.24) is 25.5 Å². The van der Waals surface area contributed by atoms with Gasteiger partial charge >= 0.3 is 0 Å². The van der Waals surface area contributed by atoms with Crippen molar-refractivity contribution in [3.63, 3.8) is 0 Å². The number of nitrogens with zero attached hydrogens (tertiary/aromatic N) is 4. The maximum atomic E-state index is 13.7. The van der Waals surface area contributed by atoms with Crippen LogP contribution in [0.3, 0.4) is 0 Å². The number of rotatable bonds is 7. The largest absolute Gasteiger partial charge is 0.299 e. The Labute approximate surface area is 140 Å². The SMILES string of the molecule is CCCn1nnnc1CN[C@@H](c1ccccc1)c1cccc(F)c1. The Hall–Kier alpha value is -2.60. The third-order valence-electron chi connectivity index (χ3n) is 3.82. The predicted octanol–water partition coefficient (Wildman–Crippen LogP) is 3.10. The molecule has 2 aromatic carbocycles. The van der Waals surface area contributed by atoms with Gasteiger partial charge in [-0.1, -0.05) is 49.4 Å². The Kier molecular flexibility index (Phi) is 5.28. The molecule has 3 rings (SSSR count). The zero-order valence-electron chi connectivity index (χ0n) is 13.6. The van der Waals surface area contributed by atoms with Crippen LogP contribution in [0, 0.1) is 5.82 Å². The molecular weight excluding hydrogens is 305 g/mol. The second-order valence-corrected chi connectivity index (χ2v) is 5.60. The lowest BCUT2D eigenvalue weighted by Crippen LogP contribution is -2.24. The first-order valence-electron chi connectivity index (χ1n) is 8.06. The summed E-state index contributed by atoms with van der Waals surface area (Å²) >= 11 is 0. The molecule has 0 aliphatic heterocycles. The van der Waals surface area contributed by atoms with E-state index in [1.807, 2.05) is 36.4 Å². The van der Waals surface area contributed by atoms with Crippen LogP contribution in [0.2, 0.25) is 0 Å². The number of halogens is 1. The summed E-state index contributed by atoms with van der Waals surface area (Å²) in [5.74, 6) is 0.528. The first-order valence-corrected chi connectivity index (χ1v) is 8.06. The lowest BCUT2D eigenvalue weighted by atomic mass is 9.98. The average molecular weight is 325 g/mol. The molecule has 0 amide bonds. The fraction of sp³-hybridized carbons (Fsp3) is 0.278. The van der Waals surface area contributed by atoms with Crippen LogP contribution in [0.5, 0.6) is 0 Å². The Balaban J connectivity index is 1.84. The number of nitrogens with one attached hydrogen (secondary N) is 1. The van der Waals surface area contributed by atoms with Crippen molar-refractivity contribution >= 4 is 0 Å². The molecule has 0 saturated carbocycles. The van der Waals surface area contributed by atoms with E-state index in [-0.39, 0.29) is 11.9 Å². The lowest BCUT2D eigenvalue weighted by molar-refractivity contribution is 0.515. The van der Waals surface area contributed by atoms with E-state index in [0.29, 0.717) is 6.54 Å². The summed E-state index contributed by atoms with van der Waals surface area (Å²) in [6.07, 6.45) is 0.962. The van der Waals surface area contributed by atoms with Crippen LogP contribution >= 0.6 is 0 Å². The van der Waals surface area contributed by atoms with Crippen LogP contribution in [0.4, 0.5) is 4.39 Å². The number of benzene rings is 2. The molecule has 24 heavy (non-hydrogen) atoms. The number of hydrogen-bond donors (Lipinski definition) is 1. The second-order valence-electron chi connectivity index (χ2n) is 5.60. The number of aryl methyl sites for hydroxylation is 1. The van der Waals surface area contributed by atoms with Crippen LogP contribution in [-0.2, 0) is 13.1 Å². The van der Waals surface area contributed by atoms with Crippen LogP contribution in [0.15, 0.2) is 54.6 Å². The molecular formula is C18H20FN5. The van der Waals surface area contributed by atoms with Gasteiger partial charge < -0.3 is 0 Å². The molecule has 3 aromatic rings. The van der Waals surface area contributed by atoms with E-state index in [0.717, 1.165) is 29.9 Å². The average Bonchev–Trinajstić information content (AvgIpc) is 3.04. The van der Waals surface area contributed by atoms with Gasteiger partial charge in [-0.3, -0.25) is 5.32 Å². The minimum atomic E-state index is -0.244. The van der Waals surface area contributed by atoms with Crippen LogP contribution < -0.4 is 5.32 Å². The van der Waals surface area contributed by atoms with Crippen molar-refractivity contribution < 1.29 is 4.39 Å². The quantitative estimate of drug-likeness (QED) is 0.725. The van der Waals surface area contributed by atoms with Crippen molar-refractivity contribution in [2.24, 2.45) is 0 Å². The standard InChI is InChI=1S/C18H20FN5/c1-2-11-24-17(21-22-23-24)13-20-18(14-7-4-3-5-8-14)15-9-6-10-16(19)12-15/h3-10,12,18,20H,2,11,13H2,1H3/t18-/m0/s1. The Bertz CT molecular complexity index is 772. The molecule has 6 heteroatoms. The van der Waals surface area contributed by atoms with Crippen LogP contribution in [0.1, 0.15) is 36.3 Å². The van der Waals surface area contributed by atoms with Gasteiger partial charge in [0.1, 0.15) is 5.82 Å². The summed E-state index contributed by atoms with van der Waals surface area (Å²) in [4.78, 5) is 0. The summed E-state index contributed by atoms with van der Waals surface area (Å²) in [7, 11) is 0. The van der Waals surface area contributed by atoms with Crippen molar-refractivity contribution in [3.05, 3.63) is 77.4 Å². The van der Waals surface area contributed by atoms with Gasteiger partial charge in [0, 0.05) is 6.54 Å². The zero-order chi connectivity index (χ0) is 16.8. The van der Waals surface area contributed by atoms with E-state index in [9.17, 15) is 4.39 Å². The highest BCUT2D eigenvalue weighted by Gasteiger charge is 2.16. The summed E-state index contributed by atoms with van der Waals surface area (Å²) < 4.78 is 15.4. The smallest absolute Gasteiger partial charge is 0.165 e. The van der Waals surface area contributed by atoms with E-state index in [4.69, 9.17) is 0 Å². The van der Waals surface area contributed by atoms with E-state index < -0.39 is 0 Å². The van der Waals surface area contributed by atoms with Crippen LogP contribution in [0.25, 0.3) is 0 Å².